The Kier molecular flexibility index (Phi) is 3.62. The molecule has 0 aliphatic carbocycles. The highest BCUT2D eigenvalue weighted by Gasteiger charge is 2.24. The highest BCUT2D eigenvalue weighted by molar-refractivity contribution is 6.30. The van der Waals surface area contributed by atoms with E-state index in [0.717, 1.165) is 28.1 Å². The van der Waals surface area contributed by atoms with Crippen LogP contribution < -0.4 is 4.57 Å². The number of aromatic nitrogens is 4. The normalized spacial score (nSPS) is 11.3. The second-order valence-corrected chi connectivity index (χ2v) is 6.62. The maximum absolute atomic E-state index is 13.4. The van der Waals surface area contributed by atoms with Gasteiger partial charge >= 0.3 is 5.65 Å². The molecule has 0 saturated heterocycles. The summed E-state index contributed by atoms with van der Waals surface area (Å²) in [6.45, 7) is 0. The van der Waals surface area contributed by atoms with Crippen molar-refractivity contribution >= 4 is 33.9 Å². The number of imidazole rings is 1. The van der Waals surface area contributed by atoms with Crippen LogP contribution in [0.1, 0.15) is 0 Å². The van der Waals surface area contributed by atoms with Gasteiger partial charge in [-0.1, -0.05) is 34.8 Å². The van der Waals surface area contributed by atoms with Gasteiger partial charge in [-0.15, -0.1) is 0 Å². The first-order valence-corrected chi connectivity index (χ1v) is 8.79. The molecule has 0 saturated carbocycles. The van der Waals surface area contributed by atoms with Crippen LogP contribution in [-0.2, 0) is 0 Å². The van der Waals surface area contributed by atoms with Crippen LogP contribution in [0, 0.1) is 5.82 Å². The SMILES string of the molecule is Fc1ccc(-c2[nH]c3nc4ccccc4nc3[n+]2-c2cccc(Cl)c2)cc1. The van der Waals surface area contributed by atoms with Crippen LogP contribution in [0.5, 0.6) is 0 Å². The first-order chi connectivity index (χ1) is 13.2. The molecule has 5 rings (SSSR count). The summed E-state index contributed by atoms with van der Waals surface area (Å²) in [4.78, 5) is 12.8. The number of nitrogens with one attached hydrogen (secondary N) is 1. The quantitative estimate of drug-likeness (QED) is 0.448. The van der Waals surface area contributed by atoms with Gasteiger partial charge in [-0.05, 0) is 54.6 Å². The van der Waals surface area contributed by atoms with Gasteiger partial charge in [0.05, 0.1) is 0 Å². The number of benzene rings is 3. The van der Waals surface area contributed by atoms with E-state index >= 15 is 0 Å². The van der Waals surface area contributed by atoms with Crippen LogP contribution in [-0.4, -0.2) is 15.0 Å². The molecular weight excluding hydrogens is 363 g/mol. The molecule has 27 heavy (non-hydrogen) atoms. The van der Waals surface area contributed by atoms with E-state index in [4.69, 9.17) is 21.6 Å². The van der Waals surface area contributed by atoms with E-state index < -0.39 is 0 Å². The Hall–Kier alpha value is -3.31. The lowest BCUT2D eigenvalue weighted by atomic mass is 10.2. The Bertz CT molecular complexity index is 1300. The molecule has 0 atom stereocenters. The molecular formula is C21H13ClFN4+. The molecule has 0 amide bonds. The van der Waals surface area contributed by atoms with Crippen LogP contribution >= 0.6 is 11.6 Å². The van der Waals surface area contributed by atoms with Crippen molar-refractivity contribution in [1.82, 2.24) is 15.0 Å². The Balaban J connectivity index is 1.88. The van der Waals surface area contributed by atoms with Gasteiger partial charge in [0.2, 0.25) is 5.82 Å². The summed E-state index contributed by atoms with van der Waals surface area (Å²) in [5.41, 5.74) is 4.58. The van der Waals surface area contributed by atoms with Gasteiger partial charge < -0.3 is 0 Å². The zero-order valence-corrected chi connectivity index (χ0v) is 14.8. The maximum Gasteiger partial charge on any atom is 0.328 e. The second kappa shape index (κ2) is 6.14. The first kappa shape index (κ1) is 15.9. The average Bonchev–Trinajstić information content (AvgIpc) is 3.05. The van der Waals surface area contributed by atoms with Gasteiger partial charge in [0, 0.05) is 10.6 Å². The van der Waals surface area contributed by atoms with Crippen molar-refractivity contribution in [3.05, 3.63) is 83.6 Å². The second-order valence-electron chi connectivity index (χ2n) is 6.18. The van der Waals surface area contributed by atoms with E-state index in [9.17, 15) is 4.39 Å². The molecule has 0 spiro atoms. The van der Waals surface area contributed by atoms with Crippen LogP contribution in [0.2, 0.25) is 5.02 Å². The molecule has 130 valence electrons. The lowest BCUT2D eigenvalue weighted by molar-refractivity contribution is -0.556. The predicted molar refractivity (Wildman–Crippen MR) is 103 cm³/mol. The minimum atomic E-state index is -0.286. The van der Waals surface area contributed by atoms with Gasteiger partial charge in [-0.2, -0.15) is 4.57 Å². The lowest BCUT2D eigenvalue weighted by Crippen LogP contribution is -2.32. The highest BCUT2D eigenvalue weighted by atomic mass is 35.5. The molecule has 0 unspecified atom stereocenters. The fourth-order valence-corrected chi connectivity index (χ4v) is 3.36. The molecule has 0 bridgehead atoms. The number of para-hydroxylation sites is 2. The van der Waals surface area contributed by atoms with E-state index in [1.807, 2.05) is 53.1 Å². The number of halogens is 2. The minimum absolute atomic E-state index is 0.286. The number of fused-ring (bicyclic) bond motifs is 2. The van der Waals surface area contributed by atoms with Crippen LogP contribution in [0.15, 0.2) is 72.8 Å². The van der Waals surface area contributed by atoms with Crippen molar-refractivity contribution < 1.29 is 8.96 Å². The third kappa shape index (κ3) is 2.73. The lowest BCUT2D eigenvalue weighted by Gasteiger charge is -2.03. The maximum atomic E-state index is 13.4. The highest BCUT2D eigenvalue weighted by Crippen LogP contribution is 2.23. The number of nitrogens with zero attached hydrogens (tertiary/aromatic N) is 3. The fourth-order valence-electron chi connectivity index (χ4n) is 3.18. The van der Waals surface area contributed by atoms with Gasteiger partial charge in [0.25, 0.3) is 5.65 Å². The smallest absolute Gasteiger partial charge is 0.251 e. The van der Waals surface area contributed by atoms with Gasteiger partial charge in [0.1, 0.15) is 17.0 Å². The molecule has 0 aliphatic heterocycles. The largest absolute Gasteiger partial charge is 0.328 e. The third-order valence-electron chi connectivity index (χ3n) is 4.41. The molecule has 3 aromatic carbocycles. The van der Waals surface area contributed by atoms with Crippen LogP contribution in [0.3, 0.4) is 0 Å². The number of hydrogen-bond donors (Lipinski definition) is 1. The molecule has 0 radical (unpaired) electrons. The van der Waals surface area contributed by atoms with Crippen molar-refractivity contribution in [2.75, 3.05) is 0 Å². The number of aromatic amines is 1. The van der Waals surface area contributed by atoms with Gasteiger partial charge in [-0.3, -0.25) is 4.98 Å². The number of H-pyrrole nitrogens is 1. The topological polar surface area (TPSA) is 45.5 Å². The van der Waals surface area contributed by atoms with E-state index in [1.54, 1.807) is 12.1 Å². The van der Waals surface area contributed by atoms with Crippen molar-refractivity contribution in [2.24, 2.45) is 0 Å². The molecule has 4 nitrogen and oxygen atoms in total. The van der Waals surface area contributed by atoms with Crippen molar-refractivity contribution in [1.29, 1.82) is 0 Å². The Morgan fingerprint density at radius 3 is 2.33 bits per heavy atom. The molecule has 5 aromatic rings. The average molecular weight is 376 g/mol. The zero-order valence-electron chi connectivity index (χ0n) is 14.0. The standard InChI is InChI=1S/C21H12ClFN4/c22-14-4-3-5-16(12-14)27-20(13-8-10-15(23)11-9-13)26-19-21(27)25-18-7-2-1-6-17(18)24-19/h1-12H/p+1. The van der Waals surface area contributed by atoms with Crippen molar-refractivity contribution in [3.63, 3.8) is 0 Å². The van der Waals surface area contributed by atoms with Gasteiger partial charge in [-0.25, -0.2) is 9.37 Å². The fraction of sp³-hybridized carbons (Fsp3) is 0. The summed E-state index contributed by atoms with van der Waals surface area (Å²) in [5, 5.41) is 0.619. The molecule has 2 heterocycles. The zero-order chi connectivity index (χ0) is 18.4. The molecule has 1 N–H and O–H groups in total. The number of rotatable bonds is 2. The molecule has 2 aromatic heterocycles. The Morgan fingerprint density at radius 2 is 1.59 bits per heavy atom. The monoisotopic (exact) mass is 375 g/mol. The van der Waals surface area contributed by atoms with E-state index in [1.165, 1.54) is 12.1 Å². The van der Waals surface area contributed by atoms with Crippen molar-refractivity contribution in [2.45, 2.75) is 0 Å². The summed E-state index contributed by atoms with van der Waals surface area (Å²) in [6, 6.07) is 21.5. The van der Waals surface area contributed by atoms with Crippen LogP contribution in [0.25, 0.3) is 39.4 Å². The summed E-state index contributed by atoms with van der Waals surface area (Å²) in [7, 11) is 0. The van der Waals surface area contributed by atoms with Crippen LogP contribution in [0.4, 0.5) is 4.39 Å². The molecule has 0 aliphatic rings. The summed E-state index contributed by atoms with van der Waals surface area (Å²) in [5.74, 6) is 0.466. The molecule has 0 fully saturated rings. The van der Waals surface area contributed by atoms with Crippen molar-refractivity contribution in [3.8, 4) is 17.1 Å². The summed E-state index contributed by atoms with van der Waals surface area (Å²) >= 11 is 6.22. The van der Waals surface area contributed by atoms with E-state index in [-0.39, 0.29) is 5.82 Å². The minimum Gasteiger partial charge on any atom is -0.251 e. The number of hydrogen-bond acceptors (Lipinski definition) is 2. The van der Waals surface area contributed by atoms with E-state index in [0.29, 0.717) is 16.3 Å². The molecule has 6 heteroatoms. The Labute approximate surface area is 158 Å². The third-order valence-corrected chi connectivity index (χ3v) is 4.64. The summed E-state index contributed by atoms with van der Waals surface area (Å²) in [6.07, 6.45) is 0. The predicted octanol–water partition coefficient (Wildman–Crippen LogP) is 4.85. The Morgan fingerprint density at radius 1 is 0.852 bits per heavy atom. The first-order valence-electron chi connectivity index (χ1n) is 8.41. The summed E-state index contributed by atoms with van der Waals surface area (Å²) < 4.78 is 15.4. The van der Waals surface area contributed by atoms with E-state index in [2.05, 4.69) is 4.98 Å². The van der Waals surface area contributed by atoms with Gasteiger partial charge in [0.15, 0.2) is 5.52 Å².